The fourth-order valence-electron chi connectivity index (χ4n) is 5.45. The molecule has 4 heteroatoms. The molecule has 1 aromatic rings. The van der Waals surface area contributed by atoms with E-state index in [0.29, 0.717) is 35.6 Å². The lowest BCUT2D eigenvalue weighted by molar-refractivity contribution is -0.0121. The average molecular weight is 301 g/mol. The van der Waals surface area contributed by atoms with E-state index in [4.69, 9.17) is 0 Å². The first-order valence-corrected chi connectivity index (χ1v) is 8.25. The lowest BCUT2D eigenvalue weighted by atomic mass is 9.55. The van der Waals surface area contributed by atoms with Crippen LogP contribution in [0.1, 0.15) is 49.7 Å². The van der Waals surface area contributed by atoms with Crippen molar-refractivity contribution < 1.29 is 15.4 Å². The summed E-state index contributed by atoms with van der Waals surface area (Å²) < 4.78 is 0. The number of aromatic hydroxyl groups is 1. The van der Waals surface area contributed by atoms with Crippen molar-refractivity contribution in [3.8, 4) is 5.75 Å². The van der Waals surface area contributed by atoms with Crippen LogP contribution < -0.4 is 0 Å². The van der Waals surface area contributed by atoms with Gasteiger partial charge in [0.2, 0.25) is 0 Å². The summed E-state index contributed by atoms with van der Waals surface area (Å²) in [4.78, 5) is 0. The molecule has 0 unspecified atom stereocenters. The van der Waals surface area contributed by atoms with Crippen LogP contribution in [0.15, 0.2) is 23.4 Å². The van der Waals surface area contributed by atoms with E-state index in [2.05, 4.69) is 18.1 Å². The van der Waals surface area contributed by atoms with Gasteiger partial charge >= 0.3 is 0 Å². The number of phenols is 1. The lowest BCUT2D eigenvalue weighted by Gasteiger charge is -2.49. The maximum Gasteiger partial charge on any atom is 0.115 e. The van der Waals surface area contributed by atoms with Crippen molar-refractivity contribution in [1.82, 2.24) is 0 Å². The molecule has 0 amide bonds. The van der Waals surface area contributed by atoms with Gasteiger partial charge in [-0.05, 0) is 73.1 Å². The third-order valence-corrected chi connectivity index (χ3v) is 6.65. The summed E-state index contributed by atoms with van der Waals surface area (Å²) in [6, 6.07) is 5.78. The number of aliphatic hydroxyl groups excluding tert-OH is 1. The van der Waals surface area contributed by atoms with E-state index in [1.165, 1.54) is 11.1 Å². The molecule has 3 aliphatic rings. The van der Waals surface area contributed by atoms with Gasteiger partial charge in [0, 0.05) is 5.41 Å². The summed E-state index contributed by atoms with van der Waals surface area (Å²) in [6.45, 7) is 2.16. The SMILES string of the molecule is C[C@@]12CC[C@@H]3c4ccc(O)cc4CC[C@@H]3[C@@H]1C/C(=N/O)[C@@H]2O. The molecule has 0 heterocycles. The Bertz CT molecular complexity index is 641. The fourth-order valence-corrected chi connectivity index (χ4v) is 5.45. The van der Waals surface area contributed by atoms with Crippen LogP contribution in [0.2, 0.25) is 0 Å². The molecule has 2 saturated carbocycles. The van der Waals surface area contributed by atoms with Gasteiger partial charge in [-0.3, -0.25) is 0 Å². The normalized spacial score (nSPS) is 41.8. The number of rotatable bonds is 0. The minimum atomic E-state index is -0.607. The smallest absolute Gasteiger partial charge is 0.115 e. The Hall–Kier alpha value is -1.55. The first kappa shape index (κ1) is 14.1. The summed E-state index contributed by atoms with van der Waals surface area (Å²) in [5, 5.41) is 32.8. The number of aryl methyl sites for hydroxylation is 1. The van der Waals surface area contributed by atoms with Crippen molar-refractivity contribution in [3.05, 3.63) is 29.3 Å². The van der Waals surface area contributed by atoms with Crippen molar-refractivity contribution in [2.45, 2.75) is 51.0 Å². The van der Waals surface area contributed by atoms with E-state index in [-0.39, 0.29) is 5.41 Å². The Morgan fingerprint density at radius 1 is 1.27 bits per heavy atom. The Morgan fingerprint density at radius 2 is 2.09 bits per heavy atom. The molecule has 1 aromatic carbocycles. The summed E-state index contributed by atoms with van der Waals surface area (Å²) in [5.41, 5.74) is 3.06. The number of hydrogen-bond donors (Lipinski definition) is 3. The molecule has 4 nitrogen and oxygen atoms in total. The highest BCUT2D eigenvalue weighted by molar-refractivity contribution is 5.91. The van der Waals surface area contributed by atoms with E-state index in [1.54, 1.807) is 6.07 Å². The van der Waals surface area contributed by atoms with Gasteiger partial charge in [0.25, 0.3) is 0 Å². The zero-order chi connectivity index (χ0) is 15.5. The van der Waals surface area contributed by atoms with Gasteiger partial charge in [0.1, 0.15) is 11.9 Å². The molecular formula is C18H23NO3. The van der Waals surface area contributed by atoms with E-state index < -0.39 is 6.10 Å². The molecule has 0 bridgehead atoms. The number of phenolic OH excluding ortho intramolecular Hbond substituents is 1. The predicted octanol–water partition coefficient (Wildman–Crippen LogP) is 3.05. The molecular weight excluding hydrogens is 278 g/mol. The molecule has 22 heavy (non-hydrogen) atoms. The molecule has 0 spiro atoms. The molecule has 0 radical (unpaired) electrons. The largest absolute Gasteiger partial charge is 0.508 e. The van der Waals surface area contributed by atoms with Crippen molar-refractivity contribution in [2.75, 3.05) is 0 Å². The van der Waals surface area contributed by atoms with E-state index >= 15 is 0 Å². The Kier molecular flexibility index (Phi) is 3.02. The van der Waals surface area contributed by atoms with Crippen molar-refractivity contribution >= 4 is 5.71 Å². The minimum absolute atomic E-state index is 0.156. The quantitative estimate of drug-likeness (QED) is 0.509. The van der Waals surface area contributed by atoms with Crippen LogP contribution in [-0.2, 0) is 6.42 Å². The molecule has 3 aliphatic carbocycles. The van der Waals surface area contributed by atoms with Crippen LogP contribution in [0, 0.1) is 17.3 Å². The first-order valence-electron chi connectivity index (χ1n) is 8.25. The fraction of sp³-hybridized carbons (Fsp3) is 0.611. The minimum Gasteiger partial charge on any atom is -0.508 e. The molecule has 3 N–H and O–H groups in total. The molecule has 2 fully saturated rings. The standard InChI is InChI=1S/C18H23NO3/c1-18-7-6-13-12-5-3-11(20)8-10(12)2-4-14(13)15(18)9-16(19-22)17(18)21/h3,5,8,13-15,17,20-22H,2,4,6-7,9H2,1H3/b19-16-/t13-,14+,15+,17+,18-/m1/s1. The van der Waals surface area contributed by atoms with Gasteiger partial charge in [0.15, 0.2) is 0 Å². The van der Waals surface area contributed by atoms with Crippen LogP contribution in [0.25, 0.3) is 0 Å². The Morgan fingerprint density at radius 3 is 2.86 bits per heavy atom. The second kappa shape index (κ2) is 4.72. The maximum absolute atomic E-state index is 10.5. The molecule has 0 saturated heterocycles. The molecule has 0 aromatic heterocycles. The molecule has 4 rings (SSSR count). The number of fused-ring (bicyclic) bond motifs is 5. The van der Waals surface area contributed by atoms with Crippen molar-refractivity contribution in [3.63, 3.8) is 0 Å². The molecule has 118 valence electrons. The monoisotopic (exact) mass is 301 g/mol. The predicted molar refractivity (Wildman–Crippen MR) is 83.3 cm³/mol. The second-order valence-corrected chi connectivity index (χ2v) is 7.54. The van der Waals surface area contributed by atoms with Gasteiger partial charge in [-0.25, -0.2) is 0 Å². The van der Waals surface area contributed by atoms with E-state index in [9.17, 15) is 15.4 Å². The number of hydrogen-bond acceptors (Lipinski definition) is 4. The van der Waals surface area contributed by atoms with Crippen LogP contribution in [0.3, 0.4) is 0 Å². The highest BCUT2D eigenvalue weighted by Crippen LogP contribution is 2.60. The van der Waals surface area contributed by atoms with Crippen LogP contribution in [0.4, 0.5) is 0 Å². The summed E-state index contributed by atoms with van der Waals surface area (Å²) >= 11 is 0. The highest BCUT2D eigenvalue weighted by Gasteiger charge is 2.57. The van der Waals surface area contributed by atoms with Crippen LogP contribution in [-0.4, -0.2) is 27.2 Å². The average Bonchev–Trinajstić information content (AvgIpc) is 2.78. The number of aliphatic hydroxyl groups is 1. The zero-order valence-electron chi connectivity index (χ0n) is 12.9. The second-order valence-electron chi connectivity index (χ2n) is 7.54. The van der Waals surface area contributed by atoms with Crippen LogP contribution in [0.5, 0.6) is 5.75 Å². The number of benzene rings is 1. The zero-order valence-corrected chi connectivity index (χ0v) is 12.9. The Balaban J connectivity index is 1.72. The van der Waals surface area contributed by atoms with E-state index in [0.717, 1.165) is 25.7 Å². The van der Waals surface area contributed by atoms with Gasteiger partial charge < -0.3 is 15.4 Å². The lowest BCUT2D eigenvalue weighted by Crippen LogP contribution is -2.44. The third-order valence-electron chi connectivity index (χ3n) is 6.65. The summed E-state index contributed by atoms with van der Waals surface area (Å²) in [5.74, 6) is 1.77. The van der Waals surface area contributed by atoms with Gasteiger partial charge in [-0.15, -0.1) is 0 Å². The Labute approximate surface area is 130 Å². The van der Waals surface area contributed by atoms with Gasteiger partial charge in [-0.1, -0.05) is 18.1 Å². The summed E-state index contributed by atoms with van der Waals surface area (Å²) in [7, 11) is 0. The van der Waals surface area contributed by atoms with Crippen molar-refractivity contribution in [2.24, 2.45) is 22.4 Å². The molecule has 0 aliphatic heterocycles. The highest BCUT2D eigenvalue weighted by atomic mass is 16.4. The maximum atomic E-state index is 10.5. The van der Waals surface area contributed by atoms with Crippen LogP contribution >= 0.6 is 0 Å². The van der Waals surface area contributed by atoms with Gasteiger partial charge in [0.05, 0.1) is 5.71 Å². The summed E-state index contributed by atoms with van der Waals surface area (Å²) in [6.07, 6.45) is 4.20. The number of oxime groups is 1. The van der Waals surface area contributed by atoms with E-state index in [1.807, 2.05) is 6.07 Å². The molecule has 5 atom stereocenters. The first-order chi connectivity index (χ1) is 10.5. The van der Waals surface area contributed by atoms with Gasteiger partial charge in [-0.2, -0.15) is 0 Å². The topological polar surface area (TPSA) is 73.1 Å². The third kappa shape index (κ3) is 1.76. The number of nitrogens with zero attached hydrogens (tertiary/aromatic N) is 1. The van der Waals surface area contributed by atoms with Crippen molar-refractivity contribution in [1.29, 1.82) is 0 Å².